The Hall–Kier alpha value is -0.940. The first-order chi connectivity index (χ1) is 11.0. The molecule has 0 saturated carbocycles. The number of nitrogens with zero attached hydrogens (tertiary/aromatic N) is 1. The van der Waals surface area contributed by atoms with Gasteiger partial charge in [-0.2, -0.15) is 4.58 Å². The number of fused-ring (bicyclic) bond motifs is 1. The van der Waals surface area contributed by atoms with Crippen LogP contribution in [0.5, 0.6) is 0 Å². The summed E-state index contributed by atoms with van der Waals surface area (Å²) >= 11 is 3.63. The van der Waals surface area contributed by atoms with Gasteiger partial charge < -0.3 is 24.0 Å². The highest BCUT2D eigenvalue weighted by atomic mass is 127. The topological polar surface area (TPSA) is 3.01 Å². The molecule has 0 aromatic heterocycles. The number of allylic oxidation sites excluding steroid dienone is 1. The van der Waals surface area contributed by atoms with E-state index < -0.39 is 0 Å². The van der Waals surface area contributed by atoms with Crippen molar-refractivity contribution >= 4 is 33.4 Å². The maximum atomic E-state index is 3.63. The molecule has 0 radical (unpaired) electrons. The first kappa shape index (κ1) is 19.4. The van der Waals surface area contributed by atoms with Gasteiger partial charge in [0, 0.05) is 28.6 Å². The summed E-state index contributed by atoms with van der Waals surface area (Å²) in [6.45, 7) is 7.92. The van der Waals surface area contributed by atoms with Crippen LogP contribution in [0.4, 0.5) is 5.69 Å². The number of benzene rings is 2. The van der Waals surface area contributed by atoms with Crippen molar-refractivity contribution < 1.29 is 28.6 Å². The molecule has 1 heterocycles. The second-order valence-electron chi connectivity index (χ2n) is 6.57. The van der Waals surface area contributed by atoms with Gasteiger partial charge in [0.25, 0.3) is 0 Å². The van der Waals surface area contributed by atoms with E-state index in [0.29, 0.717) is 0 Å². The molecule has 3 rings (SSSR count). The van der Waals surface area contributed by atoms with Crippen molar-refractivity contribution in [2.75, 3.05) is 6.54 Å². The van der Waals surface area contributed by atoms with E-state index in [2.05, 4.69) is 102 Å². The molecular formula is C21H23BrIN. The first-order valence-electron chi connectivity index (χ1n) is 8.22. The third-order valence-electron chi connectivity index (χ3n) is 4.53. The molecule has 2 aromatic rings. The summed E-state index contributed by atoms with van der Waals surface area (Å²) in [5.74, 6) is 0. The average Bonchev–Trinajstić information content (AvgIpc) is 2.74. The number of hydrogen-bond donors (Lipinski definition) is 0. The van der Waals surface area contributed by atoms with Crippen LogP contribution in [0.15, 0.2) is 59.1 Å². The van der Waals surface area contributed by atoms with E-state index in [-0.39, 0.29) is 29.4 Å². The Morgan fingerprint density at radius 2 is 1.75 bits per heavy atom. The zero-order valence-electron chi connectivity index (χ0n) is 14.4. The first-order valence-corrected chi connectivity index (χ1v) is 9.01. The minimum absolute atomic E-state index is 0. The van der Waals surface area contributed by atoms with Crippen LogP contribution in [0.25, 0.3) is 6.08 Å². The van der Waals surface area contributed by atoms with Gasteiger partial charge in [-0.15, -0.1) is 0 Å². The molecule has 126 valence electrons. The molecule has 0 amide bonds. The lowest BCUT2D eigenvalue weighted by Gasteiger charge is -2.15. The summed E-state index contributed by atoms with van der Waals surface area (Å²) in [7, 11) is 0. The van der Waals surface area contributed by atoms with Crippen molar-refractivity contribution in [2.24, 2.45) is 0 Å². The van der Waals surface area contributed by atoms with Crippen LogP contribution in [0.3, 0.4) is 0 Å². The fourth-order valence-corrected chi connectivity index (χ4v) is 3.71. The molecule has 0 spiro atoms. The summed E-state index contributed by atoms with van der Waals surface area (Å²) in [5.41, 5.74) is 5.36. The summed E-state index contributed by atoms with van der Waals surface area (Å²) in [6.07, 6.45) is 5.65. The molecule has 1 nitrogen and oxygen atoms in total. The molecule has 1 aliphatic heterocycles. The quantitative estimate of drug-likeness (QED) is 0.453. The van der Waals surface area contributed by atoms with Crippen LogP contribution in [0.1, 0.15) is 38.3 Å². The molecule has 1 aliphatic rings. The average molecular weight is 496 g/mol. The molecule has 24 heavy (non-hydrogen) atoms. The van der Waals surface area contributed by atoms with Crippen LogP contribution in [0, 0.1) is 0 Å². The molecule has 0 aliphatic carbocycles. The van der Waals surface area contributed by atoms with E-state index in [1.54, 1.807) is 0 Å². The molecule has 0 unspecified atom stereocenters. The van der Waals surface area contributed by atoms with Crippen LogP contribution in [0.2, 0.25) is 0 Å². The maximum absolute atomic E-state index is 3.63. The second kappa shape index (κ2) is 7.96. The highest BCUT2D eigenvalue weighted by molar-refractivity contribution is 9.10. The lowest BCUT2D eigenvalue weighted by atomic mass is 9.81. The van der Waals surface area contributed by atoms with Gasteiger partial charge in [-0.25, -0.2) is 0 Å². The van der Waals surface area contributed by atoms with Crippen molar-refractivity contribution in [1.82, 2.24) is 0 Å². The van der Waals surface area contributed by atoms with Gasteiger partial charge in [0.2, 0.25) is 5.69 Å². The van der Waals surface area contributed by atoms with Crippen molar-refractivity contribution in [2.45, 2.75) is 32.6 Å². The van der Waals surface area contributed by atoms with Gasteiger partial charge in [0.05, 0.1) is 5.41 Å². The Kier molecular flexibility index (Phi) is 6.43. The minimum atomic E-state index is 0. The minimum Gasteiger partial charge on any atom is -1.00 e. The van der Waals surface area contributed by atoms with E-state index in [0.717, 1.165) is 17.4 Å². The fraction of sp³-hybridized carbons (Fsp3) is 0.286. The Morgan fingerprint density at radius 3 is 2.42 bits per heavy atom. The summed E-state index contributed by atoms with van der Waals surface area (Å²) < 4.78 is 3.62. The number of rotatable bonds is 4. The second-order valence-corrected chi connectivity index (χ2v) is 7.48. The number of halogens is 2. The molecule has 0 N–H and O–H groups in total. The largest absolute Gasteiger partial charge is 1.00 e. The number of hydrogen-bond acceptors (Lipinski definition) is 0. The Morgan fingerprint density at radius 1 is 1.04 bits per heavy atom. The standard InChI is InChI=1S/C21H23BrN.HI/c1-4-14-23-19-12-11-17(22)15-18(19)21(2,3)20(23)13-10-16-8-6-5-7-9-16;/h5-13,15H,4,14H2,1-3H3;1H/q+1;/p-1/b13-10+;. The van der Waals surface area contributed by atoms with Crippen LogP contribution in [-0.4, -0.2) is 16.8 Å². The SMILES string of the molecule is CCC[N+]1=C(/C=C/c2ccccc2)C(C)(C)c2cc(Br)ccc21.[I-]. The normalized spacial score (nSPS) is 15.5. The van der Waals surface area contributed by atoms with Gasteiger partial charge in [-0.05, 0) is 37.6 Å². The predicted molar refractivity (Wildman–Crippen MR) is 103 cm³/mol. The Bertz CT molecular complexity index is 776. The molecule has 3 heteroatoms. The van der Waals surface area contributed by atoms with Crippen molar-refractivity contribution in [3.05, 3.63) is 70.2 Å². The highest BCUT2D eigenvalue weighted by Gasteiger charge is 2.43. The van der Waals surface area contributed by atoms with Gasteiger partial charge in [-0.3, -0.25) is 0 Å². The summed E-state index contributed by atoms with van der Waals surface area (Å²) in [4.78, 5) is 0. The Balaban J connectivity index is 0.00000208. The molecule has 0 saturated heterocycles. The fourth-order valence-electron chi connectivity index (χ4n) is 3.35. The smallest absolute Gasteiger partial charge is 0.209 e. The molecule has 2 aromatic carbocycles. The van der Waals surface area contributed by atoms with Crippen LogP contribution < -0.4 is 24.0 Å². The van der Waals surface area contributed by atoms with E-state index in [4.69, 9.17) is 0 Å². The van der Waals surface area contributed by atoms with Crippen molar-refractivity contribution in [3.63, 3.8) is 0 Å². The lowest BCUT2D eigenvalue weighted by Crippen LogP contribution is -3.00. The van der Waals surface area contributed by atoms with Crippen molar-refractivity contribution in [3.8, 4) is 0 Å². The zero-order valence-corrected chi connectivity index (χ0v) is 18.1. The van der Waals surface area contributed by atoms with E-state index in [9.17, 15) is 0 Å². The van der Waals surface area contributed by atoms with E-state index in [1.807, 2.05) is 0 Å². The maximum Gasteiger partial charge on any atom is 0.209 e. The van der Waals surface area contributed by atoms with Gasteiger partial charge >= 0.3 is 0 Å². The van der Waals surface area contributed by atoms with E-state index in [1.165, 1.54) is 22.5 Å². The van der Waals surface area contributed by atoms with Crippen LogP contribution in [-0.2, 0) is 5.41 Å². The highest BCUT2D eigenvalue weighted by Crippen LogP contribution is 2.41. The lowest BCUT2D eigenvalue weighted by molar-refractivity contribution is -0.437. The predicted octanol–water partition coefficient (Wildman–Crippen LogP) is 2.95. The summed E-state index contributed by atoms with van der Waals surface area (Å²) in [5, 5.41) is 0. The third-order valence-corrected chi connectivity index (χ3v) is 5.03. The van der Waals surface area contributed by atoms with Crippen molar-refractivity contribution in [1.29, 1.82) is 0 Å². The van der Waals surface area contributed by atoms with E-state index >= 15 is 0 Å². The van der Waals surface area contributed by atoms with Gasteiger partial charge in [0.15, 0.2) is 5.71 Å². The molecule has 0 bridgehead atoms. The Labute approximate surface area is 170 Å². The third kappa shape index (κ3) is 3.67. The van der Waals surface area contributed by atoms with Gasteiger partial charge in [0.1, 0.15) is 6.54 Å². The zero-order chi connectivity index (χ0) is 16.4. The summed E-state index contributed by atoms with van der Waals surface area (Å²) in [6, 6.07) is 17.2. The molecular weight excluding hydrogens is 473 g/mol. The monoisotopic (exact) mass is 495 g/mol. The van der Waals surface area contributed by atoms with Gasteiger partial charge in [-0.1, -0.05) is 53.2 Å². The molecule has 0 fully saturated rings. The van der Waals surface area contributed by atoms with Crippen LogP contribution >= 0.6 is 15.9 Å². The molecule has 0 atom stereocenters.